The standard InChI is InChI=1S/C16H25ClN2O2/c17-14-5-6-16(21)13(10-14)11-18-7-1-2-8-19-9-3-4-15(19)12-20/h5-6,10,15,18,20-21H,1-4,7-9,11-12H2. The molecule has 1 aromatic carbocycles. The number of halogens is 1. The largest absolute Gasteiger partial charge is 0.508 e. The van der Waals surface area contributed by atoms with Gasteiger partial charge in [-0.2, -0.15) is 0 Å². The van der Waals surface area contributed by atoms with Crippen LogP contribution in [0.15, 0.2) is 18.2 Å². The van der Waals surface area contributed by atoms with Gasteiger partial charge in [0, 0.05) is 23.2 Å². The normalized spacial score (nSPS) is 19.2. The highest BCUT2D eigenvalue weighted by Crippen LogP contribution is 2.21. The summed E-state index contributed by atoms with van der Waals surface area (Å²) in [6.07, 6.45) is 4.56. The van der Waals surface area contributed by atoms with Crippen LogP contribution in [-0.2, 0) is 6.54 Å². The number of hydrogen-bond donors (Lipinski definition) is 3. The number of phenolic OH excluding ortho intramolecular Hbond substituents is 1. The van der Waals surface area contributed by atoms with E-state index in [-0.39, 0.29) is 12.4 Å². The number of aliphatic hydroxyl groups excluding tert-OH is 1. The molecule has 21 heavy (non-hydrogen) atoms. The Morgan fingerprint density at radius 1 is 1.33 bits per heavy atom. The molecule has 1 aliphatic rings. The van der Waals surface area contributed by atoms with Gasteiger partial charge in [0.25, 0.3) is 0 Å². The lowest BCUT2D eigenvalue weighted by Crippen LogP contribution is -2.33. The average molecular weight is 313 g/mol. The molecule has 1 saturated heterocycles. The van der Waals surface area contributed by atoms with Gasteiger partial charge in [-0.3, -0.25) is 4.90 Å². The van der Waals surface area contributed by atoms with Gasteiger partial charge in [0.05, 0.1) is 6.61 Å². The zero-order chi connectivity index (χ0) is 15.1. The molecule has 0 saturated carbocycles. The van der Waals surface area contributed by atoms with E-state index in [1.165, 1.54) is 6.42 Å². The lowest BCUT2D eigenvalue weighted by Gasteiger charge is -2.22. The van der Waals surface area contributed by atoms with Crippen molar-refractivity contribution in [3.05, 3.63) is 28.8 Å². The van der Waals surface area contributed by atoms with Gasteiger partial charge in [0.1, 0.15) is 5.75 Å². The maximum absolute atomic E-state index is 9.71. The molecule has 1 aromatic rings. The molecule has 1 atom stereocenters. The Kier molecular flexibility index (Phi) is 6.77. The van der Waals surface area contributed by atoms with Gasteiger partial charge in [-0.25, -0.2) is 0 Å². The van der Waals surface area contributed by atoms with Gasteiger partial charge in [-0.05, 0) is 63.5 Å². The van der Waals surface area contributed by atoms with Crippen molar-refractivity contribution in [2.75, 3.05) is 26.2 Å². The van der Waals surface area contributed by atoms with Crippen LogP contribution in [0.4, 0.5) is 0 Å². The fourth-order valence-electron chi connectivity index (χ4n) is 2.88. The molecule has 0 aromatic heterocycles. The van der Waals surface area contributed by atoms with Crippen LogP contribution < -0.4 is 5.32 Å². The van der Waals surface area contributed by atoms with E-state index in [0.717, 1.165) is 44.5 Å². The Morgan fingerprint density at radius 3 is 3.00 bits per heavy atom. The molecule has 1 unspecified atom stereocenters. The van der Waals surface area contributed by atoms with Crippen molar-refractivity contribution in [1.29, 1.82) is 0 Å². The second-order valence-corrected chi connectivity index (χ2v) is 6.11. The number of aliphatic hydroxyl groups is 1. The van der Waals surface area contributed by atoms with E-state index in [2.05, 4.69) is 10.2 Å². The van der Waals surface area contributed by atoms with Crippen molar-refractivity contribution in [3.63, 3.8) is 0 Å². The number of nitrogens with one attached hydrogen (secondary N) is 1. The van der Waals surface area contributed by atoms with Crippen molar-refractivity contribution < 1.29 is 10.2 Å². The summed E-state index contributed by atoms with van der Waals surface area (Å²) in [5.74, 6) is 0.287. The lowest BCUT2D eigenvalue weighted by molar-refractivity contribution is 0.157. The van der Waals surface area contributed by atoms with Crippen LogP contribution in [0.5, 0.6) is 5.75 Å². The summed E-state index contributed by atoms with van der Waals surface area (Å²) in [5, 5.41) is 23.0. The third kappa shape index (κ3) is 5.15. The molecular formula is C16H25ClN2O2. The van der Waals surface area contributed by atoms with Gasteiger partial charge < -0.3 is 15.5 Å². The fourth-order valence-corrected chi connectivity index (χ4v) is 3.07. The first-order valence-corrected chi connectivity index (χ1v) is 8.11. The van der Waals surface area contributed by atoms with E-state index in [1.54, 1.807) is 18.2 Å². The first-order chi connectivity index (χ1) is 10.2. The number of hydrogen-bond acceptors (Lipinski definition) is 4. The van der Waals surface area contributed by atoms with Crippen molar-refractivity contribution in [3.8, 4) is 5.75 Å². The zero-order valence-electron chi connectivity index (χ0n) is 12.4. The smallest absolute Gasteiger partial charge is 0.120 e. The number of phenols is 1. The Balaban J connectivity index is 1.59. The average Bonchev–Trinajstić information content (AvgIpc) is 2.93. The first kappa shape index (κ1) is 16.6. The highest BCUT2D eigenvalue weighted by Gasteiger charge is 2.22. The van der Waals surface area contributed by atoms with Crippen LogP contribution in [0, 0.1) is 0 Å². The predicted molar refractivity (Wildman–Crippen MR) is 85.7 cm³/mol. The summed E-state index contributed by atoms with van der Waals surface area (Å²) in [6.45, 7) is 4.02. The van der Waals surface area contributed by atoms with Crippen molar-refractivity contribution in [2.45, 2.75) is 38.3 Å². The molecule has 0 spiro atoms. The summed E-state index contributed by atoms with van der Waals surface area (Å²) in [4.78, 5) is 2.39. The molecule has 0 bridgehead atoms. The summed E-state index contributed by atoms with van der Waals surface area (Å²) in [7, 11) is 0. The van der Waals surface area contributed by atoms with Gasteiger partial charge >= 0.3 is 0 Å². The number of benzene rings is 1. The van der Waals surface area contributed by atoms with E-state index in [9.17, 15) is 10.2 Å². The van der Waals surface area contributed by atoms with Crippen LogP contribution in [0.2, 0.25) is 5.02 Å². The molecule has 118 valence electrons. The molecule has 0 aliphatic carbocycles. The van der Waals surface area contributed by atoms with Crippen LogP contribution in [0.1, 0.15) is 31.2 Å². The first-order valence-electron chi connectivity index (χ1n) is 7.73. The summed E-state index contributed by atoms with van der Waals surface area (Å²) in [5.41, 5.74) is 0.836. The predicted octanol–water partition coefficient (Wildman–Crippen LogP) is 2.37. The molecule has 5 heteroatoms. The number of nitrogens with zero attached hydrogens (tertiary/aromatic N) is 1. The molecule has 1 heterocycles. The van der Waals surface area contributed by atoms with Crippen LogP contribution >= 0.6 is 11.6 Å². The zero-order valence-corrected chi connectivity index (χ0v) is 13.1. The second kappa shape index (κ2) is 8.59. The molecule has 1 aliphatic heterocycles. The van der Waals surface area contributed by atoms with Crippen LogP contribution in [-0.4, -0.2) is 47.4 Å². The monoisotopic (exact) mass is 312 g/mol. The van der Waals surface area contributed by atoms with Crippen molar-refractivity contribution in [2.24, 2.45) is 0 Å². The van der Waals surface area contributed by atoms with Gasteiger partial charge in [0.15, 0.2) is 0 Å². The van der Waals surface area contributed by atoms with E-state index >= 15 is 0 Å². The Hall–Kier alpha value is -0.810. The van der Waals surface area contributed by atoms with E-state index in [4.69, 9.17) is 11.6 Å². The molecule has 4 nitrogen and oxygen atoms in total. The molecule has 1 fully saturated rings. The number of unbranched alkanes of at least 4 members (excludes halogenated alkanes) is 1. The van der Waals surface area contributed by atoms with E-state index in [1.807, 2.05) is 0 Å². The fraction of sp³-hybridized carbons (Fsp3) is 0.625. The highest BCUT2D eigenvalue weighted by molar-refractivity contribution is 6.30. The lowest BCUT2D eigenvalue weighted by atomic mass is 10.2. The second-order valence-electron chi connectivity index (χ2n) is 5.67. The van der Waals surface area contributed by atoms with Gasteiger partial charge in [-0.15, -0.1) is 0 Å². The number of rotatable bonds is 8. The Labute approximate surface area is 131 Å². The van der Waals surface area contributed by atoms with Crippen LogP contribution in [0.3, 0.4) is 0 Å². The Morgan fingerprint density at radius 2 is 2.19 bits per heavy atom. The third-order valence-electron chi connectivity index (χ3n) is 4.12. The Bertz CT molecular complexity index is 442. The van der Waals surface area contributed by atoms with Gasteiger partial charge in [-0.1, -0.05) is 11.6 Å². The van der Waals surface area contributed by atoms with Crippen LogP contribution in [0.25, 0.3) is 0 Å². The molecule has 2 rings (SSSR count). The minimum atomic E-state index is 0.284. The summed E-state index contributed by atoms with van der Waals surface area (Å²) < 4.78 is 0. The van der Waals surface area contributed by atoms with Crippen molar-refractivity contribution in [1.82, 2.24) is 10.2 Å². The molecule has 0 radical (unpaired) electrons. The third-order valence-corrected chi connectivity index (χ3v) is 4.35. The maximum Gasteiger partial charge on any atom is 0.120 e. The molecule has 0 amide bonds. The maximum atomic E-state index is 9.71. The minimum Gasteiger partial charge on any atom is -0.508 e. The topological polar surface area (TPSA) is 55.7 Å². The van der Waals surface area contributed by atoms with E-state index < -0.39 is 0 Å². The molecule has 3 N–H and O–H groups in total. The van der Waals surface area contributed by atoms with E-state index in [0.29, 0.717) is 17.6 Å². The SMILES string of the molecule is OCC1CCCN1CCCCNCc1cc(Cl)ccc1O. The molecular weight excluding hydrogens is 288 g/mol. The minimum absolute atomic E-state index is 0.284. The number of likely N-dealkylation sites (tertiary alicyclic amines) is 1. The summed E-state index contributed by atoms with van der Waals surface area (Å²) >= 11 is 5.91. The van der Waals surface area contributed by atoms with Crippen molar-refractivity contribution >= 4 is 11.6 Å². The summed E-state index contributed by atoms with van der Waals surface area (Å²) in [6, 6.07) is 5.48. The quantitative estimate of drug-likeness (QED) is 0.645. The number of aromatic hydroxyl groups is 1. The highest BCUT2D eigenvalue weighted by atomic mass is 35.5. The van der Waals surface area contributed by atoms with Gasteiger partial charge in [0.2, 0.25) is 0 Å².